The van der Waals surface area contributed by atoms with Crippen LogP contribution in [-0.2, 0) is 9.53 Å². The average molecular weight is 252 g/mol. The molecule has 1 fully saturated rings. The Morgan fingerprint density at radius 3 is 2.83 bits per heavy atom. The highest BCUT2D eigenvalue weighted by molar-refractivity contribution is 5.73. The molecule has 2 unspecified atom stereocenters. The Morgan fingerprint density at radius 2 is 2.17 bits per heavy atom. The van der Waals surface area contributed by atoms with Gasteiger partial charge in [-0.1, -0.05) is 12.1 Å². The largest absolute Gasteiger partial charge is 0.481 e. The lowest BCUT2D eigenvalue weighted by Gasteiger charge is -2.16. The van der Waals surface area contributed by atoms with Gasteiger partial charge >= 0.3 is 5.97 Å². The number of para-hydroxylation sites is 2. The van der Waals surface area contributed by atoms with Gasteiger partial charge in [-0.15, -0.1) is 0 Å². The average Bonchev–Trinajstić information content (AvgIpc) is 2.77. The van der Waals surface area contributed by atoms with Crippen molar-refractivity contribution >= 4 is 17.3 Å². The quantitative estimate of drug-likeness (QED) is 0.614. The van der Waals surface area contributed by atoms with Gasteiger partial charge in [-0.3, -0.25) is 14.9 Å². The van der Waals surface area contributed by atoms with Gasteiger partial charge in [0.05, 0.1) is 24.2 Å². The molecule has 0 saturated carbocycles. The van der Waals surface area contributed by atoms with Crippen molar-refractivity contribution in [3.63, 3.8) is 0 Å². The Labute approximate surface area is 103 Å². The molecule has 0 amide bonds. The number of carbonyl (C=O) groups is 1. The van der Waals surface area contributed by atoms with Crippen LogP contribution in [0.3, 0.4) is 0 Å². The summed E-state index contributed by atoms with van der Waals surface area (Å²) < 4.78 is 5.09. The molecular formula is C11H12N2O5. The smallest absolute Gasteiger partial charge is 0.311 e. The summed E-state index contributed by atoms with van der Waals surface area (Å²) in [7, 11) is 0. The predicted molar refractivity (Wildman–Crippen MR) is 62.5 cm³/mol. The van der Waals surface area contributed by atoms with E-state index in [1.807, 2.05) is 0 Å². The summed E-state index contributed by atoms with van der Waals surface area (Å²) in [6.07, 6.45) is 0. The molecule has 2 atom stereocenters. The number of nitrogens with zero attached hydrogens (tertiary/aromatic N) is 1. The number of hydrogen-bond donors (Lipinski definition) is 2. The first-order chi connectivity index (χ1) is 8.59. The fourth-order valence-corrected chi connectivity index (χ4v) is 1.89. The highest BCUT2D eigenvalue weighted by atomic mass is 16.6. The molecule has 1 aliphatic rings. The minimum absolute atomic E-state index is 0.0754. The third-order valence-corrected chi connectivity index (χ3v) is 2.84. The van der Waals surface area contributed by atoms with Crippen LogP contribution in [0.1, 0.15) is 0 Å². The zero-order valence-corrected chi connectivity index (χ0v) is 9.41. The third kappa shape index (κ3) is 2.40. The van der Waals surface area contributed by atoms with E-state index in [0.29, 0.717) is 5.69 Å². The summed E-state index contributed by atoms with van der Waals surface area (Å²) in [5.74, 6) is -1.66. The number of nitro benzene ring substituents is 1. The van der Waals surface area contributed by atoms with Crippen molar-refractivity contribution in [2.45, 2.75) is 6.04 Å². The number of nitrogens with one attached hydrogen (secondary N) is 1. The first kappa shape index (κ1) is 12.3. The molecule has 1 aliphatic heterocycles. The summed E-state index contributed by atoms with van der Waals surface area (Å²) in [5, 5.41) is 22.7. The molecule has 0 bridgehead atoms. The lowest BCUT2D eigenvalue weighted by molar-refractivity contribution is -0.384. The number of carboxylic acid groups (broad SMARTS) is 1. The van der Waals surface area contributed by atoms with E-state index < -0.39 is 22.9 Å². The second-order valence-electron chi connectivity index (χ2n) is 4.01. The molecule has 96 valence electrons. The molecule has 0 radical (unpaired) electrons. The lowest BCUT2D eigenvalue weighted by Crippen LogP contribution is -2.33. The van der Waals surface area contributed by atoms with Crippen LogP contribution in [0.2, 0.25) is 0 Å². The summed E-state index contributed by atoms with van der Waals surface area (Å²) in [5.41, 5.74) is 0.234. The van der Waals surface area contributed by atoms with Gasteiger partial charge in [0, 0.05) is 6.07 Å². The van der Waals surface area contributed by atoms with Crippen molar-refractivity contribution in [2.24, 2.45) is 5.92 Å². The summed E-state index contributed by atoms with van der Waals surface area (Å²) in [4.78, 5) is 21.3. The Hall–Kier alpha value is -2.15. The Morgan fingerprint density at radius 1 is 1.44 bits per heavy atom. The second-order valence-corrected chi connectivity index (χ2v) is 4.01. The molecule has 18 heavy (non-hydrogen) atoms. The zero-order valence-electron chi connectivity index (χ0n) is 9.41. The maximum absolute atomic E-state index is 11.0. The van der Waals surface area contributed by atoms with Gasteiger partial charge in [-0.05, 0) is 6.07 Å². The molecule has 0 spiro atoms. The van der Waals surface area contributed by atoms with Crippen LogP contribution >= 0.6 is 0 Å². The molecule has 1 aromatic carbocycles. The highest BCUT2D eigenvalue weighted by Crippen LogP contribution is 2.27. The molecule has 1 saturated heterocycles. The van der Waals surface area contributed by atoms with Crippen LogP contribution in [0.5, 0.6) is 0 Å². The molecule has 2 rings (SSSR count). The van der Waals surface area contributed by atoms with Gasteiger partial charge in [0.2, 0.25) is 0 Å². The molecule has 7 nitrogen and oxygen atoms in total. The van der Waals surface area contributed by atoms with Gasteiger partial charge in [0.15, 0.2) is 0 Å². The van der Waals surface area contributed by atoms with Gasteiger partial charge in [-0.25, -0.2) is 0 Å². The fourth-order valence-electron chi connectivity index (χ4n) is 1.89. The monoisotopic (exact) mass is 252 g/mol. The molecule has 1 heterocycles. The Bertz CT molecular complexity index is 476. The number of nitro groups is 1. The molecule has 2 N–H and O–H groups in total. The summed E-state index contributed by atoms with van der Waals surface area (Å²) in [6.45, 7) is 0.344. The van der Waals surface area contributed by atoms with E-state index in [2.05, 4.69) is 5.32 Å². The SMILES string of the molecule is O=C(O)C1COCC1Nc1ccccc1[N+](=O)[O-]. The first-order valence-corrected chi connectivity index (χ1v) is 5.40. The van der Waals surface area contributed by atoms with Crippen LogP contribution in [-0.4, -0.2) is 35.3 Å². The highest BCUT2D eigenvalue weighted by Gasteiger charge is 2.34. The number of aliphatic carboxylic acids is 1. The number of carboxylic acids is 1. The summed E-state index contributed by atoms with van der Waals surface area (Å²) >= 11 is 0. The van der Waals surface area contributed by atoms with E-state index in [9.17, 15) is 14.9 Å². The van der Waals surface area contributed by atoms with Crippen molar-refractivity contribution in [1.29, 1.82) is 0 Å². The van der Waals surface area contributed by atoms with Gasteiger partial charge in [-0.2, -0.15) is 0 Å². The van der Waals surface area contributed by atoms with Crippen LogP contribution < -0.4 is 5.32 Å². The predicted octanol–water partition coefficient (Wildman–Crippen LogP) is 1.11. The zero-order chi connectivity index (χ0) is 13.1. The van der Waals surface area contributed by atoms with Crippen molar-refractivity contribution in [1.82, 2.24) is 0 Å². The molecular weight excluding hydrogens is 240 g/mol. The number of benzene rings is 1. The Balaban J connectivity index is 2.19. The molecule has 0 aliphatic carbocycles. The van der Waals surface area contributed by atoms with Crippen LogP contribution in [0, 0.1) is 16.0 Å². The van der Waals surface area contributed by atoms with Crippen molar-refractivity contribution in [2.75, 3.05) is 18.5 Å². The van der Waals surface area contributed by atoms with Crippen LogP contribution in [0.15, 0.2) is 24.3 Å². The standard InChI is InChI=1S/C11H12N2O5/c14-11(15)7-5-18-6-9(7)12-8-3-1-2-4-10(8)13(16)17/h1-4,7,9,12H,5-6H2,(H,14,15). The maximum Gasteiger partial charge on any atom is 0.311 e. The Kier molecular flexibility index (Phi) is 3.42. The van der Waals surface area contributed by atoms with E-state index in [4.69, 9.17) is 9.84 Å². The van der Waals surface area contributed by atoms with E-state index >= 15 is 0 Å². The van der Waals surface area contributed by atoms with E-state index in [1.165, 1.54) is 6.07 Å². The summed E-state index contributed by atoms with van der Waals surface area (Å²) in [6, 6.07) is 5.68. The molecule has 7 heteroatoms. The fraction of sp³-hybridized carbons (Fsp3) is 0.364. The first-order valence-electron chi connectivity index (χ1n) is 5.40. The van der Waals surface area contributed by atoms with Gasteiger partial charge in [0.1, 0.15) is 11.6 Å². The lowest BCUT2D eigenvalue weighted by atomic mass is 10.0. The van der Waals surface area contributed by atoms with E-state index in [-0.39, 0.29) is 18.9 Å². The van der Waals surface area contributed by atoms with E-state index in [0.717, 1.165) is 0 Å². The van der Waals surface area contributed by atoms with Crippen molar-refractivity contribution in [3.8, 4) is 0 Å². The number of ether oxygens (including phenoxy) is 1. The van der Waals surface area contributed by atoms with Crippen LogP contribution in [0.4, 0.5) is 11.4 Å². The third-order valence-electron chi connectivity index (χ3n) is 2.84. The van der Waals surface area contributed by atoms with Crippen LogP contribution in [0.25, 0.3) is 0 Å². The van der Waals surface area contributed by atoms with Gasteiger partial charge in [0.25, 0.3) is 5.69 Å². The van der Waals surface area contributed by atoms with Gasteiger partial charge < -0.3 is 15.2 Å². The van der Waals surface area contributed by atoms with E-state index in [1.54, 1.807) is 18.2 Å². The molecule has 0 aromatic heterocycles. The minimum Gasteiger partial charge on any atom is -0.481 e. The number of anilines is 1. The normalized spacial score (nSPS) is 22.7. The van der Waals surface area contributed by atoms with Crippen molar-refractivity contribution < 1.29 is 19.6 Å². The second kappa shape index (κ2) is 5.01. The maximum atomic E-state index is 11.0. The minimum atomic E-state index is -0.969. The number of rotatable bonds is 4. The topological polar surface area (TPSA) is 102 Å². The molecule has 1 aromatic rings. The number of hydrogen-bond acceptors (Lipinski definition) is 5. The van der Waals surface area contributed by atoms with Crippen molar-refractivity contribution in [3.05, 3.63) is 34.4 Å².